The quantitative estimate of drug-likeness (QED) is 0.420. The molecule has 0 spiro atoms. The van der Waals surface area contributed by atoms with E-state index in [4.69, 9.17) is 0 Å². The second-order valence-corrected chi connectivity index (χ2v) is 4.98. The van der Waals surface area contributed by atoms with E-state index in [1.54, 1.807) is 0 Å². The first-order valence-electron chi connectivity index (χ1n) is 5.51. The molecule has 0 aliphatic rings. The van der Waals surface area contributed by atoms with Gasteiger partial charge in [-0.05, 0) is 30.6 Å². The van der Waals surface area contributed by atoms with Gasteiger partial charge < -0.3 is 0 Å². The van der Waals surface area contributed by atoms with Crippen molar-refractivity contribution in [3.8, 4) is 0 Å². The van der Waals surface area contributed by atoms with Crippen LogP contribution in [0.4, 0.5) is 0 Å². The lowest BCUT2D eigenvalue weighted by molar-refractivity contribution is 0.588. The Kier molecular flexibility index (Phi) is 13.4. The molecular weight excluding hydrogens is 196 g/mol. The van der Waals surface area contributed by atoms with Crippen molar-refractivity contribution in [3.05, 3.63) is 0 Å². The summed E-state index contributed by atoms with van der Waals surface area (Å²) in [5.74, 6) is 2.41. The third-order valence-corrected chi connectivity index (χ3v) is 3.27. The molecule has 80 valence electrons. The van der Waals surface area contributed by atoms with Gasteiger partial charge in [0.2, 0.25) is 0 Å². The van der Waals surface area contributed by atoms with Gasteiger partial charge in [0.15, 0.2) is 0 Å². The molecule has 0 saturated heterocycles. The highest BCUT2D eigenvalue weighted by Gasteiger charge is 1.91. The smallest absolute Gasteiger partial charge is 0.00703 e. The third kappa shape index (κ3) is 12.7. The van der Waals surface area contributed by atoms with Gasteiger partial charge in [-0.3, -0.25) is 0 Å². The van der Waals surface area contributed by atoms with E-state index in [2.05, 4.69) is 18.9 Å². The zero-order valence-corrected chi connectivity index (χ0v) is 10.6. The number of rotatable bonds is 10. The van der Waals surface area contributed by atoms with Crippen molar-refractivity contribution >= 4 is 24.4 Å². The first-order valence-corrected chi connectivity index (χ1v) is 7.54. The molecule has 0 heterocycles. The second kappa shape index (κ2) is 12.7. The fourth-order valence-corrected chi connectivity index (χ4v) is 2.14. The predicted octanol–water partition coefficient (Wildman–Crippen LogP) is 4.40. The molecule has 0 aliphatic carbocycles. The van der Waals surface area contributed by atoms with Crippen molar-refractivity contribution in [2.75, 3.05) is 17.8 Å². The van der Waals surface area contributed by atoms with Crippen LogP contribution in [0.5, 0.6) is 0 Å². The number of thioether (sulfide) groups is 1. The predicted molar refractivity (Wildman–Crippen MR) is 69.2 cm³/mol. The molecule has 0 rings (SSSR count). The fraction of sp³-hybridized carbons (Fsp3) is 1.00. The van der Waals surface area contributed by atoms with Crippen LogP contribution in [0.1, 0.15) is 51.4 Å². The van der Waals surface area contributed by atoms with Gasteiger partial charge in [-0.2, -0.15) is 24.4 Å². The summed E-state index contributed by atoms with van der Waals surface area (Å²) >= 11 is 6.17. The lowest BCUT2D eigenvalue weighted by Gasteiger charge is -2.00. The Morgan fingerprint density at radius 1 is 0.769 bits per heavy atom. The van der Waals surface area contributed by atoms with Crippen LogP contribution in [0.15, 0.2) is 0 Å². The Morgan fingerprint density at radius 2 is 1.23 bits per heavy atom. The monoisotopic (exact) mass is 220 g/mol. The van der Waals surface area contributed by atoms with Gasteiger partial charge >= 0.3 is 0 Å². The van der Waals surface area contributed by atoms with Gasteiger partial charge in [-0.25, -0.2) is 0 Å². The molecule has 2 heteroatoms. The molecule has 0 radical (unpaired) electrons. The van der Waals surface area contributed by atoms with Crippen LogP contribution in [0.25, 0.3) is 0 Å². The van der Waals surface area contributed by atoms with Gasteiger partial charge in [-0.15, -0.1) is 0 Å². The Bertz CT molecular complexity index is 74.2. The van der Waals surface area contributed by atoms with Crippen LogP contribution in [0.3, 0.4) is 0 Å². The molecule has 0 bridgehead atoms. The molecule has 0 amide bonds. The minimum absolute atomic E-state index is 1.06. The van der Waals surface area contributed by atoms with E-state index in [1.165, 1.54) is 57.1 Å². The van der Waals surface area contributed by atoms with Gasteiger partial charge in [0, 0.05) is 0 Å². The Balaban J connectivity index is 2.76. The summed E-state index contributed by atoms with van der Waals surface area (Å²) < 4.78 is 0. The number of hydrogen-bond acceptors (Lipinski definition) is 2. The summed E-state index contributed by atoms with van der Waals surface area (Å²) in [6.07, 6.45) is 13.5. The molecular formula is C11H24S2. The van der Waals surface area contributed by atoms with Crippen molar-refractivity contribution in [1.82, 2.24) is 0 Å². The first-order chi connectivity index (χ1) is 6.41. The summed E-state index contributed by atoms with van der Waals surface area (Å²) in [6.45, 7) is 0. The average molecular weight is 220 g/mol. The molecule has 13 heavy (non-hydrogen) atoms. The first kappa shape index (κ1) is 13.7. The lowest BCUT2D eigenvalue weighted by Crippen LogP contribution is -1.83. The summed E-state index contributed by atoms with van der Waals surface area (Å²) in [5.41, 5.74) is 0. The number of unbranched alkanes of at least 4 members (excludes halogenated alkanes) is 7. The average Bonchev–Trinajstić information content (AvgIpc) is 2.16. The maximum Gasteiger partial charge on any atom is -0.00703 e. The van der Waals surface area contributed by atoms with E-state index >= 15 is 0 Å². The van der Waals surface area contributed by atoms with Crippen LogP contribution >= 0.6 is 24.4 Å². The molecule has 0 aromatic rings. The zero-order valence-electron chi connectivity index (χ0n) is 8.93. The summed E-state index contributed by atoms with van der Waals surface area (Å²) in [7, 11) is 0. The maximum absolute atomic E-state index is 4.20. The van der Waals surface area contributed by atoms with Gasteiger partial charge in [0.25, 0.3) is 0 Å². The minimum atomic E-state index is 1.06. The standard InChI is InChI=1S/C11H24S2/c1-13-11-9-7-5-3-2-4-6-8-10-12/h12H,2-11H2,1H3. The fourth-order valence-electron chi connectivity index (χ4n) is 1.42. The number of thiol groups is 1. The molecule has 0 unspecified atom stereocenters. The van der Waals surface area contributed by atoms with Crippen LogP contribution in [0.2, 0.25) is 0 Å². The molecule has 0 aliphatic heterocycles. The van der Waals surface area contributed by atoms with Crippen molar-refractivity contribution in [2.45, 2.75) is 51.4 Å². The summed E-state index contributed by atoms with van der Waals surface area (Å²) in [6, 6.07) is 0. The Morgan fingerprint density at radius 3 is 1.69 bits per heavy atom. The largest absolute Gasteiger partial charge is 0.179 e. The van der Waals surface area contributed by atoms with Crippen molar-refractivity contribution < 1.29 is 0 Å². The molecule has 0 fully saturated rings. The van der Waals surface area contributed by atoms with Gasteiger partial charge in [-0.1, -0.05) is 38.5 Å². The topological polar surface area (TPSA) is 0 Å². The highest BCUT2D eigenvalue weighted by Crippen LogP contribution is 2.10. The van der Waals surface area contributed by atoms with E-state index in [0.717, 1.165) is 5.75 Å². The molecule has 0 saturated carbocycles. The SMILES string of the molecule is CSCCCCCCCCCCS. The normalized spacial score (nSPS) is 10.6. The third-order valence-electron chi connectivity index (χ3n) is 2.26. The van der Waals surface area contributed by atoms with Crippen molar-refractivity contribution in [1.29, 1.82) is 0 Å². The molecule has 0 atom stereocenters. The van der Waals surface area contributed by atoms with Crippen LogP contribution < -0.4 is 0 Å². The highest BCUT2D eigenvalue weighted by molar-refractivity contribution is 7.98. The van der Waals surface area contributed by atoms with Crippen LogP contribution in [-0.4, -0.2) is 17.8 Å². The van der Waals surface area contributed by atoms with Gasteiger partial charge in [0.1, 0.15) is 0 Å². The highest BCUT2D eigenvalue weighted by atomic mass is 32.2. The summed E-state index contributed by atoms with van der Waals surface area (Å²) in [5, 5.41) is 0. The maximum atomic E-state index is 4.20. The van der Waals surface area contributed by atoms with Gasteiger partial charge in [0.05, 0.1) is 0 Å². The Hall–Kier alpha value is 0.700. The van der Waals surface area contributed by atoms with Crippen molar-refractivity contribution in [2.24, 2.45) is 0 Å². The Labute approximate surface area is 93.7 Å². The molecule has 0 N–H and O–H groups in total. The minimum Gasteiger partial charge on any atom is -0.179 e. The van der Waals surface area contributed by atoms with E-state index in [-0.39, 0.29) is 0 Å². The van der Waals surface area contributed by atoms with Crippen molar-refractivity contribution in [3.63, 3.8) is 0 Å². The van der Waals surface area contributed by atoms with E-state index in [1.807, 2.05) is 11.8 Å². The zero-order chi connectivity index (χ0) is 9.78. The van der Waals surface area contributed by atoms with E-state index in [9.17, 15) is 0 Å². The second-order valence-electron chi connectivity index (χ2n) is 3.54. The number of hydrogen-bond donors (Lipinski definition) is 1. The summed E-state index contributed by atoms with van der Waals surface area (Å²) in [4.78, 5) is 0. The van der Waals surface area contributed by atoms with Crippen LogP contribution in [0, 0.1) is 0 Å². The van der Waals surface area contributed by atoms with E-state index in [0.29, 0.717) is 0 Å². The van der Waals surface area contributed by atoms with Crippen LogP contribution in [-0.2, 0) is 0 Å². The molecule has 0 aromatic carbocycles. The van der Waals surface area contributed by atoms with E-state index < -0.39 is 0 Å². The molecule has 0 nitrogen and oxygen atoms in total. The molecule has 0 aromatic heterocycles. The lowest BCUT2D eigenvalue weighted by atomic mass is 10.1.